The molecule has 2 atom stereocenters. The van der Waals surface area contributed by atoms with Crippen LogP contribution in [0.2, 0.25) is 0 Å². The molecule has 4 nitrogen and oxygen atoms in total. The zero-order valence-corrected chi connectivity index (χ0v) is 10.0. The summed E-state index contributed by atoms with van der Waals surface area (Å²) in [5.74, 6) is -2.15. The Morgan fingerprint density at radius 2 is 2.22 bits per heavy atom. The molecule has 2 aliphatic rings. The molecule has 8 heteroatoms. The second kappa shape index (κ2) is 5.23. The molecule has 0 aliphatic carbocycles. The van der Waals surface area contributed by atoms with E-state index in [-0.39, 0.29) is 11.9 Å². The van der Waals surface area contributed by atoms with E-state index in [2.05, 4.69) is 10.1 Å². The number of ether oxygens (including phenoxy) is 1. The highest BCUT2D eigenvalue weighted by Crippen LogP contribution is 2.27. The van der Waals surface area contributed by atoms with Gasteiger partial charge in [-0.15, -0.1) is 0 Å². The maximum Gasteiger partial charge on any atom is 0.490 e. The minimum atomic E-state index is -4.96. The van der Waals surface area contributed by atoms with Crippen molar-refractivity contribution >= 4 is 17.7 Å². The predicted molar refractivity (Wildman–Crippen MR) is 60.1 cm³/mol. The van der Waals surface area contributed by atoms with Crippen molar-refractivity contribution in [3.05, 3.63) is 23.8 Å². The van der Waals surface area contributed by atoms with Crippen LogP contribution in [-0.4, -0.2) is 35.3 Å². The lowest BCUT2D eigenvalue weighted by Gasteiger charge is -2.36. The van der Waals surface area contributed by atoms with Gasteiger partial charge in [0.1, 0.15) is 5.50 Å². The number of alkyl halides is 3. The van der Waals surface area contributed by atoms with Crippen molar-refractivity contribution in [3.63, 3.8) is 0 Å². The van der Waals surface area contributed by atoms with Crippen LogP contribution in [-0.2, 0) is 9.53 Å². The molecule has 18 heavy (non-hydrogen) atoms. The summed E-state index contributed by atoms with van der Waals surface area (Å²) in [5, 5.41) is 4.77. The first-order chi connectivity index (χ1) is 8.48. The van der Waals surface area contributed by atoms with E-state index in [0.717, 1.165) is 0 Å². The van der Waals surface area contributed by atoms with Gasteiger partial charge in [0.05, 0.1) is 0 Å². The molecule has 1 N–H and O–H groups in total. The summed E-state index contributed by atoms with van der Waals surface area (Å²) in [7, 11) is 0. The molecule has 0 aromatic heterocycles. The number of nitrogens with zero attached hydrogens (tertiary/aromatic N) is 1. The second-order valence-corrected chi connectivity index (χ2v) is 4.71. The molecule has 100 valence electrons. The summed E-state index contributed by atoms with van der Waals surface area (Å²) in [6.45, 7) is 0.433. The van der Waals surface area contributed by atoms with Crippen molar-refractivity contribution in [1.82, 2.24) is 10.2 Å². The number of hydrogen-bond acceptors (Lipinski definition) is 5. The van der Waals surface area contributed by atoms with Gasteiger partial charge in [-0.2, -0.15) is 13.2 Å². The Morgan fingerprint density at radius 3 is 2.83 bits per heavy atom. The number of carbonyl (C=O) groups is 1. The fraction of sp³-hybridized carbons (Fsp3) is 0.500. The van der Waals surface area contributed by atoms with Crippen LogP contribution in [0.4, 0.5) is 13.2 Å². The van der Waals surface area contributed by atoms with Crippen molar-refractivity contribution in [1.29, 1.82) is 0 Å². The molecule has 0 bridgehead atoms. The van der Waals surface area contributed by atoms with Crippen LogP contribution in [0.1, 0.15) is 6.42 Å². The summed E-state index contributed by atoms with van der Waals surface area (Å²) in [4.78, 5) is 12.5. The van der Waals surface area contributed by atoms with E-state index in [1.165, 1.54) is 11.8 Å². The quantitative estimate of drug-likeness (QED) is 0.617. The van der Waals surface area contributed by atoms with Crippen LogP contribution < -0.4 is 5.32 Å². The van der Waals surface area contributed by atoms with Crippen LogP contribution in [0.3, 0.4) is 0 Å². The minimum absolute atomic E-state index is 0.207. The monoisotopic (exact) mass is 280 g/mol. The molecule has 2 heterocycles. The normalized spacial score (nSPS) is 28.2. The van der Waals surface area contributed by atoms with Gasteiger partial charge < -0.3 is 10.1 Å². The Balaban J connectivity index is 2.00. The van der Waals surface area contributed by atoms with Crippen molar-refractivity contribution in [2.24, 2.45) is 0 Å². The van der Waals surface area contributed by atoms with Gasteiger partial charge in [-0.3, -0.25) is 0 Å². The molecule has 2 rings (SSSR count). The lowest BCUT2D eigenvalue weighted by Crippen LogP contribution is -2.50. The van der Waals surface area contributed by atoms with E-state index in [1.807, 2.05) is 6.08 Å². The number of esters is 1. The van der Waals surface area contributed by atoms with E-state index in [0.29, 0.717) is 6.54 Å². The predicted octanol–water partition coefficient (Wildman–Crippen LogP) is 1.77. The standard InChI is InChI=1S/C10H11F3N2O2S/c11-10(12,13)8(16)17-7-3-1-2-5-15(7)9-14-4-6-18-9/h1-2,4,6-7,9,14H,3,5H2. The van der Waals surface area contributed by atoms with Gasteiger partial charge in [0.25, 0.3) is 0 Å². The summed E-state index contributed by atoms with van der Waals surface area (Å²) < 4.78 is 41.0. The van der Waals surface area contributed by atoms with E-state index in [9.17, 15) is 18.0 Å². The van der Waals surface area contributed by atoms with E-state index in [4.69, 9.17) is 0 Å². The number of thioether (sulfide) groups is 1. The van der Waals surface area contributed by atoms with Crippen molar-refractivity contribution in [3.8, 4) is 0 Å². The van der Waals surface area contributed by atoms with Gasteiger partial charge in [-0.05, 0) is 5.41 Å². The second-order valence-electron chi connectivity index (χ2n) is 3.72. The number of rotatable bonds is 2. The zero-order chi connectivity index (χ0) is 13.2. The summed E-state index contributed by atoms with van der Waals surface area (Å²) >= 11 is 1.42. The van der Waals surface area contributed by atoms with Crippen LogP contribution >= 0.6 is 11.8 Å². The average Bonchev–Trinajstić information content (AvgIpc) is 2.82. The Morgan fingerprint density at radius 1 is 1.44 bits per heavy atom. The third-order valence-electron chi connectivity index (χ3n) is 2.48. The molecule has 0 radical (unpaired) electrons. The smallest absolute Gasteiger partial charge is 0.439 e. The molecule has 2 aliphatic heterocycles. The zero-order valence-electron chi connectivity index (χ0n) is 9.18. The molecule has 2 unspecified atom stereocenters. The van der Waals surface area contributed by atoms with Crippen molar-refractivity contribution in [2.45, 2.75) is 24.3 Å². The number of carbonyl (C=O) groups excluding carboxylic acids is 1. The van der Waals surface area contributed by atoms with Gasteiger partial charge in [0, 0.05) is 19.2 Å². The molecular weight excluding hydrogens is 269 g/mol. The maximum absolute atomic E-state index is 12.2. The van der Waals surface area contributed by atoms with Crippen LogP contribution in [0.5, 0.6) is 0 Å². The van der Waals surface area contributed by atoms with Crippen molar-refractivity contribution in [2.75, 3.05) is 6.54 Å². The molecule has 0 spiro atoms. The summed E-state index contributed by atoms with van der Waals surface area (Å²) in [5.41, 5.74) is -0.207. The van der Waals surface area contributed by atoms with E-state index in [1.54, 1.807) is 22.6 Å². The van der Waals surface area contributed by atoms with Crippen LogP contribution in [0, 0.1) is 0 Å². The van der Waals surface area contributed by atoms with Crippen LogP contribution in [0.25, 0.3) is 0 Å². The van der Waals surface area contributed by atoms with Gasteiger partial charge in [-0.1, -0.05) is 23.9 Å². The maximum atomic E-state index is 12.2. The number of nitrogens with one attached hydrogen (secondary N) is 1. The Bertz CT molecular complexity index is 376. The first-order valence-corrected chi connectivity index (χ1v) is 6.18. The Kier molecular flexibility index (Phi) is 3.86. The van der Waals surface area contributed by atoms with Gasteiger partial charge in [-0.25, -0.2) is 9.69 Å². The summed E-state index contributed by atoms with van der Waals surface area (Å²) in [6, 6.07) is 0. The first kappa shape index (κ1) is 13.3. The molecule has 0 amide bonds. The van der Waals surface area contributed by atoms with Gasteiger partial charge >= 0.3 is 12.1 Å². The first-order valence-electron chi connectivity index (χ1n) is 5.23. The van der Waals surface area contributed by atoms with Crippen LogP contribution in [0.15, 0.2) is 23.8 Å². The van der Waals surface area contributed by atoms with Gasteiger partial charge in [0.2, 0.25) is 0 Å². The lowest BCUT2D eigenvalue weighted by molar-refractivity contribution is -0.213. The van der Waals surface area contributed by atoms with Crippen molar-refractivity contribution < 1.29 is 22.7 Å². The molecule has 0 saturated heterocycles. The van der Waals surface area contributed by atoms with E-state index < -0.39 is 18.4 Å². The van der Waals surface area contributed by atoms with E-state index >= 15 is 0 Å². The third-order valence-corrected chi connectivity index (χ3v) is 3.44. The Labute approximate surface area is 106 Å². The largest absolute Gasteiger partial charge is 0.490 e. The highest BCUT2D eigenvalue weighted by Gasteiger charge is 2.43. The topological polar surface area (TPSA) is 41.6 Å². The lowest BCUT2D eigenvalue weighted by atomic mass is 10.2. The number of halogens is 3. The SMILES string of the molecule is O=C(OC1CC=CCN1C1NC=CS1)C(F)(F)F. The molecule has 0 saturated carbocycles. The fourth-order valence-corrected chi connectivity index (χ4v) is 2.50. The average molecular weight is 280 g/mol. The molecular formula is C10H11F3N2O2S. The minimum Gasteiger partial charge on any atom is -0.439 e. The highest BCUT2D eigenvalue weighted by molar-refractivity contribution is 8.02. The highest BCUT2D eigenvalue weighted by atomic mass is 32.2. The Hall–Kier alpha value is -1.15. The molecule has 0 aromatic carbocycles. The number of hydrogen-bond donors (Lipinski definition) is 1. The molecule has 0 aromatic rings. The van der Waals surface area contributed by atoms with Gasteiger partial charge in [0.15, 0.2) is 6.23 Å². The fourth-order valence-electron chi connectivity index (χ4n) is 1.66. The summed E-state index contributed by atoms with van der Waals surface area (Å²) in [6.07, 6.45) is -0.358. The third kappa shape index (κ3) is 2.99. The molecule has 0 fully saturated rings.